The van der Waals surface area contributed by atoms with Crippen molar-refractivity contribution in [3.8, 4) is 11.5 Å². The number of hydrogen-bond donors (Lipinski definition) is 0. The summed E-state index contributed by atoms with van der Waals surface area (Å²) < 4.78 is 32.2. The van der Waals surface area contributed by atoms with Crippen molar-refractivity contribution in [3.63, 3.8) is 0 Å². The smallest absolute Gasteiger partial charge is 0.457 e. The second kappa shape index (κ2) is 5.34. The summed E-state index contributed by atoms with van der Waals surface area (Å²) in [5, 5.41) is 0. The Morgan fingerprint density at radius 1 is 0.769 bits per heavy atom. The highest BCUT2D eigenvalue weighted by atomic mass is 19.1. The van der Waals surface area contributed by atoms with Gasteiger partial charge < -0.3 is 14.0 Å². The van der Waals surface area contributed by atoms with Crippen molar-refractivity contribution < 1.29 is 18.4 Å². The van der Waals surface area contributed by atoms with E-state index in [4.69, 9.17) is 14.0 Å². The van der Waals surface area contributed by atoms with Gasteiger partial charge in [0.25, 0.3) is 0 Å². The molecule has 0 unspecified atom stereocenters. The van der Waals surface area contributed by atoms with Crippen LogP contribution in [-0.4, -0.2) is 18.3 Å². The van der Waals surface area contributed by atoms with Crippen molar-refractivity contribution >= 4 is 12.6 Å². The lowest BCUT2D eigenvalue weighted by atomic mass is 9.71. The minimum absolute atomic E-state index is 0.258. The Morgan fingerprint density at radius 2 is 1.31 bits per heavy atom. The second-order valence-corrected chi connectivity index (χ2v) is 8.71. The first-order valence-electron chi connectivity index (χ1n) is 8.99. The van der Waals surface area contributed by atoms with E-state index in [2.05, 4.69) is 19.9 Å². The minimum Gasteiger partial charge on any atom is -0.457 e. The SMILES string of the molecule is CC1(C)c2cc(F)ccc2Oc2ccc(B3OC(C)(C)C(C)(C)O3)cc21. The first-order valence-corrected chi connectivity index (χ1v) is 8.99. The molecule has 0 aliphatic carbocycles. The molecular weight excluding hydrogens is 330 g/mol. The zero-order valence-electron chi connectivity index (χ0n) is 16.1. The molecule has 5 heteroatoms. The first kappa shape index (κ1) is 17.6. The predicted molar refractivity (Wildman–Crippen MR) is 101 cm³/mol. The van der Waals surface area contributed by atoms with Crippen LogP contribution >= 0.6 is 0 Å². The van der Waals surface area contributed by atoms with Crippen LogP contribution in [0.25, 0.3) is 0 Å². The Kier molecular flexibility index (Phi) is 3.60. The van der Waals surface area contributed by atoms with Gasteiger partial charge in [-0.1, -0.05) is 26.0 Å². The standard InChI is InChI=1S/C21H24BFO3/c1-19(2)15-11-13(22-25-20(3,4)21(5,6)26-22)7-9-17(15)24-18-10-8-14(23)12-16(18)19/h7-12H,1-6H3. The van der Waals surface area contributed by atoms with Crippen LogP contribution < -0.4 is 10.2 Å². The maximum atomic E-state index is 13.8. The number of hydrogen-bond acceptors (Lipinski definition) is 3. The fourth-order valence-corrected chi connectivity index (χ4v) is 3.59. The van der Waals surface area contributed by atoms with Gasteiger partial charge in [0.2, 0.25) is 0 Å². The molecule has 2 heterocycles. The van der Waals surface area contributed by atoms with Gasteiger partial charge in [-0.25, -0.2) is 4.39 Å². The highest BCUT2D eigenvalue weighted by Gasteiger charge is 2.52. The normalized spacial score (nSPS) is 21.7. The van der Waals surface area contributed by atoms with Gasteiger partial charge in [0, 0.05) is 16.5 Å². The molecule has 2 aliphatic heterocycles. The molecule has 2 aliphatic rings. The lowest BCUT2D eigenvalue weighted by Gasteiger charge is -2.35. The van der Waals surface area contributed by atoms with E-state index >= 15 is 0 Å². The number of halogens is 1. The third-order valence-corrected chi connectivity index (χ3v) is 6.04. The van der Waals surface area contributed by atoms with Crippen LogP contribution in [-0.2, 0) is 14.7 Å². The van der Waals surface area contributed by atoms with Gasteiger partial charge >= 0.3 is 7.12 Å². The second-order valence-electron chi connectivity index (χ2n) is 8.71. The van der Waals surface area contributed by atoms with Gasteiger partial charge in [0.05, 0.1) is 11.2 Å². The summed E-state index contributed by atoms with van der Waals surface area (Å²) in [6.45, 7) is 12.3. The first-order chi connectivity index (χ1) is 12.0. The lowest BCUT2D eigenvalue weighted by molar-refractivity contribution is 0.00578. The molecule has 3 nitrogen and oxygen atoms in total. The third-order valence-electron chi connectivity index (χ3n) is 6.04. The quantitative estimate of drug-likeness (QED) is 0.703. The molecule has 0 N–H and O–H groups in total. The van der Waals surface area contributed by atoms with Crippen LogP contribution in [0.1, 0.15) is 52.7 Å². The average molecular weight is 354 g/mol. The predicted octanol–water partition coefficient (Wildman–Crippen LogP) is 4.56. The van der Waals surface area contributed by atoms with Crippen molar-refractivity contribution in [3.05, 3.63) is 53.3 Å². The summed E-state index contributed by atoms with van der Waals surface area (Å²) >= 11 is 0. The van der Waals surface area contributed by atoms with E-state index in [1.54, 1.807) is 12.1 Å². The molecule has 1 saturated heterocycles. The summed E-state index contributed by atoms with van der Waals surface area (Å²) in [6, 6.07) is 10.7. The van der Waals surface area contributed by atoms with Gasteiger partial charge in [-0.2, -0.15) is 0 Å². The Labute approximate surface area is 154 Å². The Bertz CT molecular complexity index is 873. The summed E-state index contributed by atoms with van der Waals surface area (Å²) in [5.74, 6) is 1.23. The number of rotatable bonds is 1. The number of benzene rings is 2. The van der Waals surface area contributed by atoms with Gasteiger partial charge in [0.15, 0.2) is 0 Å². The van der Waals surface area contributed by atoms with Gasteiger partial charge in [0.1, 0.15) is 17.3 Å². The fraction of sp³-hybridized carbons (Fsp3) is 0.429. The van der Waals surface area contributed by atoms with Crippen molar-refractivity contribution in [2.75, 3.05) is 0 Å². The van der Waals surface area contributed by atoms with E-state index < -0.39 is 18.3 Å². The van der Waals surface area contributed by atoms with Crippen LogP contribution in [0.4, 0.5) is 4.39 Å². The third kappa shape index (κ3) is 2.49. The highest BCUT2D eigenvalue weighted by Crippen LogP contribution is 2.47. The van der Waals surface area contributed by atoms with Gasteiger partial charge in [-0.3, -0.25) is 0 Å². The van der Waals surface area contributed by atoms with E-state index in [0.717, 1.165) is 22.3 Å². The van der Waals surface area contributed by atoms with Gasteiger partial charge in [-0.15, -0.1) is 0 Å². The molecule has 0 atom stereocenters. The molecule has 0 amide bonds. The van der Waals surface area contributed by atoms with E-state index in [9.17, 15) is 4.39 Å². The molecule has 0 bridgehead atoms. The number of ether oxygens (including phenoxy) is 1. The van der Waals surface area contributed by atoms with Crippen molar-refractivity contribution in [1.82, 2.24) is 0 Å². The summed E-state index contributed by atoms with van der Waals surface area (Å²) in [5.41, 5.74) is 1.62. The van der Waals surface area contributed by atoms with E-state index in [1.165, 1.54) is 6.07 Å². The Balaban J connectivity index is 1.76. The maximum absolute atomic E-state index is 13.8. The highest BCUT2D eigenvalue weighted by molar-refractivity contribution is 6.62. The molecule has 4 rings (SSSR count). The molecule has 1 fully saturated rings. The van der Waals surface area contributed by atoms with Crippen LogP contribution in [0.15, 0.2) is 36.4 Å². The molecule has 26 heavy (non-hydrogen) atoms. The molecule has 0 aromatic heterocycles. The lowest BCUT2D eigenvalue weighted by Crippen LogP contribution is -2.41. The van der Waals surface area contributed by atoms with E-state index in [0.29, 0.717) is 5.75 Å². The largest absolute Gasteiger partial charge is 0.494 e. The van der Waals surface area contributed by atoms with E-state index in [1.807, 2.05) is 39.8 Å². The maximum Gasteiger partial charge on any atom is 0.494 e. The average Bonchev–Trinajstić information content (AvgIpc) is 2.76. The van der Waals surface area contributed by atoms with Crippen LogP contribution in [0, 0.1) is 5.82 Å². The zero-order chi connectivity index (χ0) is 18.9. The molecule has 0 saturated carbocycles. The fourth-order valence-electron chi connectivity index (χ4n) is 3.59. The van der Waals surface area contributed by atoms with Crippen molar-refractivity contribution in [1.29, 1.82) is 0 Å². The van der Waals surface area contributed by atoms with Crippen molar-refractivity contribution in [2.24, 2.45) is 0 Å². The summed E-state index contributed by atoms with van der Waals surface area (Å²) in [4.78, 5) is 0. The van der Waals surface area contributed by atoms with Crippen LogP contribution in [0.3, 0.4) is 0 Å². The van der Waals surface area contributed by atoms with E-state index in [-0.39, 0.29) is 11.2 Å². The monoisotopic (exact) mass is 354 g/mol. The molecule has 2 aromatic rings. The molecule has 136 valence electrons. The summed E-state index contributed by atoms with van der Waals surface area (Å²) in [6.07, 6.45) is 0. The van der Waals surface area contributed by atoms with Crippen molar-refractivity contribution in [2.45, 2.75) is 58.2 Å². The molecule has 0 radical (unpaired) electrons. The Hall–Kier alpha value is -1.85. The van der Waals surface area contributed by atoms with Crippen LogP contribution in [0.2, 0.25) is 0 Å². The Morgan fingerprint density at radius 3 is 1.92 bits per heavy atom. The summed E-state index contributed by atoms with van der Waals surface area (Å²) in [7, 11) is -0.435. The zero-order valence-corrected chi connectivity index (χ0v) is 16.1. The molecule has 2 aromatic carbocycles. The molecular formula is C21H24BFO3. The number of fused-ring (bicyclic) bond motifs is 2. The minimum atomic E-state index is -0.435. The van der Waals surface area contributed by atoms with Gasteiger partial charge in [-0.05, 0) is 57.4 Å². The van der Waals surface area contributed by atoms with Crippen LogP contribution in [0.5, 0.6) is 11.5 Å². The topological polar surface area (TPSA) is 27.7 Å². The molecule has 0 spiro atoms.